The van der Waals surface area contributed by atoms with Crippen LogP contribution in [0.1, 0.15) is 22.3 Å². The van der Waals surface area contributed by atoms with Crippen LogP contribution in [-0.2, 0) is 5.41 Å². The Balaban J connectivity index is 1.12. The lowest BCUT2D eigenvalue weighted by atomic mass is 9.70. The summed E-state index contributed by atoms with van der Waals surface area (Å²) in [5.74, 6) is 0. The van der Waals surface area contributed by atoms with Gasteiger partial charge >= 0.3 is 0 Å². The number of benzene rings is 6. The molecule has 6 aromatic carbocycles. The number of fused-ring (bicyclic) bond motifs is 12. The first-order valence-corrected chi connectivity index (χ1v) is 15.2. The van der Waals surface area contributed by atoms with Gasteiger partial charge in [0.05, 0.1) is 16.6 Å². The maximum Gasteiger partial charge on any atom is 0.0933 e. The molecular weight excluding hydrogens is 532 g/mol. The van der Waals surface area contributed by atoms with E-state index < -0.39 is 0 Å². The summed E-state index contributed by atoms with van der Waals surface area (Å²) in [4.78, 5) is 0. The molecule has 2 heteroatoms. The third kappa shape index (κ3) is 3.07. The van der Waals surface area contributed by atoms with Crippen molar-refractivity contribution in [2.24, 2.45) is 0 Å². The molecule has 0 aliphatic heterocycles. The van der Waals surface area contributed by atoms with Crippen LogP contribution in [0.15, 0.2) is 158 Å². The number of nitrogens with zero attached hydrogens (tertiary/aromatic N) is 2. The quantitative estimate of drug-likeness (QED) is 0.206. The van der Waals surface area contributed by atoms with Gasteiger partial charge in [0.25, 0.3) is 0 Å². The summed E-state index contributed by atoms with van der Waals surface area (Å²) in [7, 11) is 0. The highest BCUT2D eigenvalue weighted by molar-refractivity contribution is 5.96. The molecule has 0 unspecified atom stereocenters. The molecule has 2 aromatic heterocycles. The minimum Gasteiger partial charge on any atom is -0.240 e. The highest BCUT2D eigenvalue weighted by Crippen LogP contribution is 2.62. The highest BCUT2D eigenvalue weighted by atomic mass is 15.2. The van der Waals surface area contributed by atoms with E-state index in [1.54, 1.807) is 0 Å². The summed E-state index contributed by atoms with van der Waals surface area (Å²) in [6, 6.07) is 55.7. The average Bonchev–Trinajstić information content (AvgIpc) is 3.73. The molecular formula is C42H26N2. The van der Waals surface area contributed by atoms with Crippen molar-refractivity contribution in [2.45, 2.75) is 5.41 Å². The predicted molar refractivity (Wildman–Crippen MR) is 180 cm³/mol. The average molecular weight is 559 g/mol. The van der Waals surface area contributed by atoms with Crippen LogP contribution in [-0.4, -0.2) is 9.61 Å². The van der Waals surface area contributed by atoms with Gasteiger partial charge in [-0.1, -0.05) is 133 Å². The molecule has 0 fully saturated rings. The highest BCUT2D eigenvalue weighted by Gasteiger charge is 2.51. The van der Waals surface area contributed by atoms with Crippen molar-refractivity contribution in [3.05, 3.63) is 180 Å². The molecule has 2 heterocycles. The fourth-order valence-corrected chi connectivity index (χ4v) is 7.92. The van der Waals surface area contributed by atoms with Crippen LogP contribution in [0.25, 0.3) is 60.9 Å². The molecule has 0 atom stereocenters. The Morgan fingerprint density at radius 1 is 0.409 bits per heavy atom. The van der Waals surface area contributed by atoms with Gasteiger partial charge in [-0.2, -0.15) is 5.10 Å². The number of rotatable bonds is 2. The number of aromatic nitrogens is 2. The molecule has 0 N–H and O–H groups in total. The van der Waals surface area contributed by atoms with E-state index in [0.717, 1.165) is 16.8 Å². The second-order valence-electron chi connectivity index (χ2n) is 12.0. The molecule has 8 aromatic rings. The molecule has 2 aliphatic carbocycles. The van der Waals surface area contributed by atoms with Gasteiger partial charge < -0.3 is 0 Å². The third-order valence-electron chi connectivity index (χ3n) is 9.84. The minimum atomic E-state index is -0.324. The van der Waals surface area contributed by atoms with Crippen molar-refractivity contribution in [3.63, 3.8) is 0 Å². The second-order valence-corrected chi connectivity index (χ2v) is 12.0. The number of hydrogen-bond donors (Lipinski definition) is 0. The van der Waals surface area contributed by atoms with Crippen molar-refractivity contribution < 1.29 is 0 Å². The van der Waals surface area contributed by atoms with E-state index in [2.05, 4.69) is 158 Å². The molecule has 1 spiro atoms. The van der Waals surface area contributed by atoms with Crippen molar-refractivity contribution in [3.8, 4) is 44.6 Å². The Bertz CT molecular complexity index is 2330. The normalized spacial score (nSPS) is 13.6. The first-order chi connectivity index (χ1) is 21.8. The van der Waals surface area contributed by atoms with Crippen molar-refractivity contribution in [1.29, 1.82) is 0 Å². The number of pyridine rings is 1. The molecule has 0 saturated heterocycles. The number of hydrogen-bond acceptors (Lipinski definition) is 1. The van der Waals surface area contributed by atoms with E-state index in [1.165, 1.54) is 66.4 Å². The molecule has 0 bridgehead atoms. The zero-order valence-corrected chi connectivity index (χ0v) is 23.9. The lowest BCUT2D eigenvalue weighted by Gasteiger charge is -2.30. The topological polar surface area (TPSA) is 17.3 Å². The van der Waals surface area contributed by atoms with Gasteiger partial charge in [-0.15, -0.1) is 0 Å². The van der Waals surface area contributed by atoms with E-state index >= 15 is 0 Å². The molecule has 10 rings (SSSR count). The van der Waals surface area contributed by atoms with Crippen LogP contribution in [0.5, 0.6) is 0 Å². The molecule has 0 saturated carbocycles. The largest absolute Gasteiger partial charge is 0.240 e. The van der Waals surface area contributed by atoms with Gasteiger partial charge in [0.2, 0.25) is 0 Å². The van der Waals surface area contributed by atoms with E-state index in [0.29, 0.717) is 0 Å². The molecule has 0 radical (unpaired) electrons. The van der Waals surface area contributed by atoms with Crippen LogP contribution in [0.3, 0.4) is 0 Å². The predicted octanol–water partition coefficient (Wildman–Crippen LogP) is 10.2. The Morgan fingerprint density at radius 2 is 0.932 bits per heavy atom. The van der Waals surface area contributed by atoms with E-state index in [4.69, 9.17) is 5.10 Å². The maximum absolute atomic E-state index is 4.91. The molecule has 2 aliphatic rings. The van der Waals surface area contributed by atoms with Crippen LogP contribution in [0.2, 0.25) is 0 Å². The van der Waals surface area contributed by atoms with Crippen LogP contribution in [0.4, 0.5) is 0 Å². The summed E-state index contributed by atoms with van der Waals surface area (Å²) in [5.41, 5.74) is 16.1. The van der Waals surface area contributed by atoms with Crippen LogP contribution >= 0.6 is 0 Å². The summed E-state index contributed by atoms with van der Waals surface area (Å²) in [5, 5.41) is 7.33. The Hall–Kier alpha value is -5.73. The zero-order valence-electron chi connectivity index (χ0n) is 23.9. The SMILES string of the molecule is c1ccc2c(c1)-c1ccccc1C21c2ccccc2-c2ccc(-c3ccc(-c4cc5cc6ccccc6cn5n4)cc3)cc21. The maximum atomic E-state index is 4.91. The fraction of sp³-hybridized carbons (Fsp3) is 0.0238. The first-order valence-electron chi connectivity index (χ1n) is 15.2. The van der Waals surface area contributed by atoms with Gasteiger partial charge in [0.1, 0.15) is 0 Å². The molecule has 2 nitrogen and oxygen atoms in total. The standard InChI is InChI=1S/C42H26N2/c1-2-10-31-26-44-32(23-29(31)9-1)25-41(43-44)28-19-17-27(18-20-28)30-21-22-36-35-13-5-8-16-39(35)42(40(36)24-30)37-14-6-3-11-33(37)34-12-4-7-15-38(34)42/h1-26H. The van der Waals surface area contributed by atoms with Crippen molar-refractivity contribution >= 4 is 16.3 Å². The fourth-order valence-electron chi connectivity index (χ4n) is 7.92. The van der Waals surface area contributed by atoms with Crippen molar-refractivity contribution in [2.75, 3.05) is 0 Å². The second kappa shape index (κ2) is 8.65. The first kappa shape index (κ1) is 23.8. The molecule has 44 heavy (non-hydrogen) atoms. The van der Waals surface area contributed by atoms with Gasteiger partial charge in [-0.25, -0.2) is 4.52 Å². The monoisotopic (exact) mass is 558 g/mol. The Labute approximate surface area is 255 Å². The summed E-state index contributed by atoms with van der Waals surface area (Å²) >= 11 is 0. The minimum absolute atomic E-state index is 0.324. The zero-order chi connectivity index (χ0) is 28.8. The Kier molecular flexibility index (Phi) is 4.68. The summed E-state index contributed by atoms with van der Waals surface area (Å²) in [6.45, 7) is 0. The summed E-state index contributed by atoms with van der Waals surface area (Å²) < 4.78 is 1.99. The third-order valence-corrected chi connectivity index (χ3v) is 9.84. The van der Waals surface area contributed by atoms with Gasteiger partial charge in [-0.3, -0.25) is 0 Å². The molecule has 0 amide bonds. The lowest BCUT2D eigenvalue weighted by molar-refractivity contribution is 0.794. The van der Waals surface area contributed by atoms with Crippen molar-refractivity contribution in [1.82, 2.24) is 9.61 Å². The Morgan fingerprint density at radius 3 is 1.59 bits per heavy atom. The van der Waals surface area contributed by atoms with Gasteiger partial charge in [0, 0.05) is 17.1 Å². The van der Waals surface area contributed by atoms with Gasteiger partial charge in [0.15, 0.2) is 0 Å². The van der Waals surface area contributed by atoms with E-state index in [9.17, 15) is 0 Å². The smallest absolute Gasteiger partial charge is 0.0933 e. The molecule has 204 valence electrons. The van der Waals surface area contributed by atoms with E-state index in [1.807, 2.05) is 4.52 Å². The van der Waals surface area contributed by atoms with Crippen LogP contribution in [0, 0.1) is 0 Å². The van der Waals surface area contributed by atoms with Crippen LogP contribution < -0.4 is 0 Å². The lowest BCUT2D eigenvalue weighted by Crippen LogP contribution is -2.25. The summed E-state index contributed by atoms with van der Waals surface area (Å²) in [6.07, 6.45) is 2.11. The van der Waals surface area contributed by atoms with E-state index in [-0.39, 0.29) is 5.41 Å². The van der Waals surface area contributed by atoms with Gasteiger partial charge in [-0.05, 0) is 79.2 Å².